The summed E-state index contributed by atoms with van der Waals surface area (Å²) in [6.45, 7) is 2.03. The lowest BCUT2D eigenvalue weighted by molar-refractivity contribution is -0.136. The van der Waals surface area contributed by atoms with E-state index in [0.717, 1.165) is 31.3 Å². The number of aromatic amines is 1. The maximum absolute atomic E-state index is 13.1. The van der Waals surface area contributed by atoms with E-state index in [1.807, 2.05) is 21.9 Å². The van der Waals surface area contributed by atoms with Gasteiger partial charge in [-0.3, -0.25) is 9.59 Å². The van der Waals surface area contributed by atoms with E-state index in [1.54, 1.807) is 0 Å². The van der Waals surface area contributed by atoms with Gasteiger partial charge in [0, 0.05) is 60.7 Å². The molecule has 3 heterocycles. The van der Waals surface area contributed by atoms with Crippen molar-refractivity contribution in [2.45, 2.75) is 51.1 Å². The van der Waals surface area contributed by atoms with Crippen molar-refractivity contribution in [1.82, 2.24) is 14.8 Å². The molecule has 1 saturated carbocycles. The number of hydrogen-bond donors (Lipinski definition) is 1. The Morgan fingerprint density at radius 2 is 1.96 bits per heavy atom. The first kappa shape index (κ1) is 15.9. The number of hydrogen-bond acceptors (Lipinski definition) is 2. The van der Waals surface area contributed by atoms with E-state index in [1.165, 1.54) is 29.5 Å². The zero-order valence-corrected chi connectivity index (χ0v) is 15.0. The second-order valence-electron chi connectivity index (χ2n) is 8.02. The number of aromatic nitrogens is 1. The summed E-state index contributed by atoms with van der Waals surface area (Å²) in [5, 5.41) is 1.22. The van der Waals surface area contributed by atoms with Gasteiger partial charge >= 0.3 is 0 Å². The molecule has 0 unspecified atom stereocenters. The van der Waals surface area contributed by atoms with Gasteiger partial charge in [-0.25, -0.2) is 0 Å². The first-order valence-electron chi connectivity index (χ1n) is 9.87. The Hall–Kier alpha value is -2.30. The molecule has 5 heteroatoms. The fourth-order valence-electron chi connectivity index (χ4n) is 5.08. The average Bonchev–Trinajstić information content (AvgIpc) is 3.38. The lowest BCUT2D eigenvalue weighted by atomic mass is 10.0. The van der Waals surface area contributed by atoms with Crippen molar-refractivity contribution in [1.29, 1.82) is 0 Å². The van der Waals surface area contributed by atoms with Gasteiger partial charge < -0.3 is 14.8 Å². The van der Waals surface area contributed by atoms with Crippen molar-refractivity contribution < 1.29 is 9.59 Å². The van der Waals surface area contributed by atoms with Gasteiger partial charge in [0.15, 0.2) is 0 Å². The molecule has 0 radical (unpaired) electrons. The number of likely N-dealkylation sites (tertiary alicyclic amines) is 1. The van der Waals surface area contributed by atoms with Crippen molar-refractivity contribution in [2.75, 3.05) is 13.1 Å². The van der Waals surface area contributed by atoms with Gasteiger partial charge in [-0.05, 0) is 18.9 Å². The number of amides is 2. The summed E-state index contributed by atoms with van der Waals surface area (Å²) in [4.78, 5) is 33.0. The van der Waals surface area contributed by atoms with Crippen molar-refractivity contribution in [2.24, 2.45) is 5.92 Å². The van der Waals surface area contributed by atoms with Gasteiger partial charge in [-0.15, -0.1) is 0 Å². The highest BCUT2D eigenvalue weighted by molar-refractivity contribution is 5.90. The number of nitrogens with zero attached hydrogens (tertiary/aromatic N) is 2. The fourth-order valence-corrected chi connectivity index (χ4v) is 5.08. The Bertz CT molecular complexity index is 865. The van der Waals surface area contributed by atoms with E-state index in [2.05, 4.69) is 17.1 Å². The fraction of sp³-hybridized carbons (Fsp3) is 0.524. The number of para-hydroxylation sites is 1. The SMILES string of the molecule is O=C([C@@H]1CC(=O)N(C2CCCC2)C1)N1CCc2[nH]c3ccccc3c2C1. The molecule has 136 valence electrons. The molecule has 3 aliphatic rings. The lowest BCUT2D eigenvalue weighted by Crippen LogP contribution is -2.41. The quantitative estimate of drug-likeness (QED) is 0.904. The molecule has 1 aromatic carbocycles. The van der Waals surface area contributed by atoms with E-state index in [0.29, 0.717) is 25.6 Å². The first-order chi connectivity index (χ1) is 12.7. The largest absolute Gasteiger partial charge is 0.358 e. The summed E-state index contributed by atoms with van der Waals surface area (Å²) < 4.78 is 0. The third-order valence-electron chi connectivity index (χ3n) is 6.47. The van der Waals surface area contributed by atoms with Crippen LogP contribution in [0.1, 0.15) is 43.4 Å². The van der Waals surface area contributed by atoms with Crippen LogP contribution in [0.25, 0.3) is 10.9 Å². The van der Waals surface area contributed by atoms with Crippen molar-refractivity contribution in [3.8, 4) is 0 Å². The van der Waals surface area contributed by atoms with E-state index in [-0.39, 0.29) is 17.7 Å². The maximum atomic E-state index is 13.1. The molecule has 26 heavy (non-hydrogen) atoms. The Morgan fingerprint density at radius 3 is 2.81 bits per heavy atom. The molecule has 2 aliphatic heterocycles. The Balaban J connectivity index is 1.33. The molecule has 2 aromatic rings. The number of rotatable bonds is 2. The molecule has 1 saturated heterocycles. The summed E-state index contributed by atoms with van der Waals surface area (Å²) in [6.07, 6.45) is 5.89. The predicted molar refractivity (Wildman–Crippen MR) is 99.5 cm³/mol. The number of carbonyl (C=O) groups is 2. The minimum absolute atomic E-state index is 0.158. The monoisotopic (exact) mass is 351 g/mol. The van der Waals surface area contributed by atoms with Gasteiger partial charge in [-0.2, -0.15) is 0 Å². The van der Waals surface area contributed by atoms with Crippen LogP contribution in [-0.4, -0.2) is 45.7 Å². The van der Waals surface area contributed by atoms with E-state index in [4.69, 9.17) is 0 Å². The molecule has 5 nitrogen and oxygen atoms in total. The second kappa shape index (κ2) is 6.15. The molecule has 0 bridgehead atoms. The minimum atomic E-state index is -0.158. The third-order valence-corrected chi connectivity index (χ3v) is 6.47. The Kier molecular flexibility index (Phi) is 3.76. The van der Waals surface area contributed by atoms with Crippen molar-refractivity contribution in [3.63, 3.8) is 0 Å². The number of H-pyrrole nitrogens is 1. The molecular weight excluding hydrogens is 326 g/mol. The van der Waals surface area contributed by atoms with Crippen LogP contribution in [0.5, 0.6) is 0 Å². The van der Waals surface area contributed by atoms with E-state index < -0.39 is 0 Å². The highest BCUT2D eigenvalue weighted by Gasteiger charge is 2.40. The molecule has 0 spiro atoms. The summed E-state index contributed by atoms with van der Waals surface area (Å²) in [5.41, 5.74) is 3.65. The molecule has 2 amide bonds. The molecule has 5 rings (SSSR count). The number of nitrogens with one attached hydrogen (secondary N) is 1. The van der Waals surface area contributed by atoms with Gasteiger partial charge in [0.05, 0.1) is 5.92 Å². The molecule has 1 aliphatic carbocycles. The number of benzene rings is 1. The maximum Gasteiger partial charge on any atom is 0.228 e. The molecular formula is C21H25N3O2. The topological polar surface area (TPSA) is 56.4 Å². The van der Waals surface area contributed by atoms with Crippen molar-refractivity contribution >= 4 is 22.7 Å². The highest BCUT2D eigenvalue weighted by atomic mass is 16.2. The van der Waals surface area contributed by atoms with Crippen molar-refractivity contribution in [3.05, 3.63) is 35.5 Å². The van der Waals surface area contributed by atoms with Crippen LogP contribution in [0.15, 0.2) is 24.3 Å². The van der Waals surface area contributed by atoms with Crippen LogP contribution in [0.4, 0.5) is 0 Å². The predicted octanol–water partition coefficient (Wildman–Crippen LogP) is 2.84. The first-order valence-corrected chi connectivity index (χ1v) is 9.87. The third kappa shape index (κ3) is 2.52. The molecule has 1 atom stereocenters. The van der Waals surface area contributed by atoms with Crippen LogP contribution in [-0.2, 0) is 22.6 Å². The van der Waals surface area contributed by atoms with Gasteiger partial charge in [0.1, 0.15) is 0 Å². The lowest BCUT2D eigenvalue weighted by Gasteiger charge is -2.30. The second-order valence-corrected chi connectivity index (χ2v) is 8.02. The van der Waals surface area contributed by atoms with E-state index in [9.17, 15) is 9.59 Å². The molecule has 1 aromatic heterocycles. The van der Waals surface area contributed by atoms with E-state index >= 15 is 0 Å². The number of fused-ring (bicyclic) bond motifs is 3. The average molecular weight is 351 g/mol. The molecule has 2 fully saturated rings. The zero-order chi connectivity index (χ0) is 17.7. The standard InChI is InChI=1S/C21H25N3O2/c25-20-11-14(12-24(20)15-5-1-2-6-15)21(26)23-10-9-19-17(13-23)16-7-3-4-8-18(16)22-19/h3-4,7-8,14-15,22H,1-2,5-6,9-13H2/t14-/m1/s1. The van der Waals surface area contributed by atoms with Gasteiger partial charge in [0.25, 0.3) is 0 Å². The zero-order valence-electron chi connectivity index (χ0n) is 15.0. The number of carbonyl (C=O) groups excluding carboxylic acids is 2. The summed E-state index contributed by atoms with van der Waals surface area (Å²) in [6, 6.07) is 8.68. The summed E-state index contributed by atoms with van der Waals surface area (Å²) in [5.74, 6) is 0.185. The van der Waals surface area contributed by atoms with Crippen LogP contribution in [0.2, 0.25) is 0 Å². The smallest absolute Gasteiger partial charge is 0.228 e. The van der Waals surface area contributed by atoms with Crippen LogP contribution in [0.3, 0.4) is 0 Å². The Labute approximate surface area is 153 Å². The Morgan fingerprint density at radius 1 is 1.15 bits per heavy atom. The van der Waals surface area contributed by atoms with Crippen LogP contribution >= 0.6 is 0 Å². The van der Waals surface area contributed by atoms with Gasteiger partial charge in [0.2, 0.25) is 11.8 Å². The minimum Gasteiger partial charge on any atom is -0.358 e. The van der Waals surface area contributed by atoms with Gasteiger partial charge in [-0.1, -0.05) is 31.0 Å². The normalized spacial score (nSPS) is 23.8. The summed E-state index contributed by atoms with van der Waals surface area (Å²) >= 11 is 0. The summed E-state index contributed by atoms with van der Waals surface area (Å²) in [7, 11) is 0. The van der Waals surface area contributed by atoms with Crippen LogP contribution < -0.4 is 0 Å². The molecule has 1 N–H and O–H groups in total. The van der Waals surface area contributed by atoms with Crippen LogP contribution in [0, 0.1) is 5.92 Å². The highest BCUT2D eigenvalue weighted by Crippen LogP contribution is 2.32.